The zero-order valence-corrected chi connectivity index (χ0v) is 17.9. The molecular formula is C20H34N6OS. The van der Waals surface area contributed by atoms with Gasteiger partial charge in [0.1, 0.15) is 11.6 Å². The zero-order chi connectivity index (χ0) is 19.6. The molecule has 0 unspecified atom stereocenters. The van der Waals surface area contributed by atoms with E-state index in [0.29, 0.717) is 11.1 Å². The highest BCUT2D eigenvalue weighted by molar-refractivity contribution is 7.80. The maximum Gasteiger partial charge on any atom is 0.232 e. The molecule has 0 atom stereocenters. The minimum Gasteiger partial charge on any atom is -0.385 e. The Bertz CT molecular complexity index is 615. The smallest absolute Gasteiger partial charge is 0.232 e. The van der Waals surface area contributed by atoms with E-state index in [1.54, 1.807) is 7.11 Å². The summed E-state index contributed by atoms with van der Waals surface area (Å²) in [5, 5.41) is 6.97. The summed E-state index contributed by atoms with van der Waals surface area (Å²) >= 11 is 5.44. The first-order chi connectivity index (χ1) is 13.8. The number of aromatic nitrogens is 2. The average Bonchev–Trinajstić information content (AvgIpc) is 3.01. The molecule has 1 aromatic rings. The summed E-state index contributed by atoms with van der Waals surface area (Å²) in [4.78, 5) is 14.4. The Morgan fingerprint density at radius 1 is 0.964 bits per heavy atom. The SMILES string of the molecule is COCCCNC(=S)Nc1nc(N2CCCCCC2)cc(N2CCCCC2)n1. The lowest BCUT2D eigenvalue weighted by Crippen LogP contribution is -2.33. The first kappa shape index (κ1) is 21.0. The van der Waals surface area contributed by atoms with Gasteiger partial charge in [0, 0.05) is 52.5 Å². The fourth-order valence-electron chi connectivity index (χ4n) is 3.79. The minimum atomic E-state index is 0.564. The van der Waals surface area contributed by atoms with Crippen molar-refractivity contribution in [1.82, 2.24) is 15.3 Å². The summed E-state index contributed by atoms with van der Waals surface area (Å²) in [6.07, 6.45) is 9.74. The van der Waals surface area contributed by atoms with E-state index in [1.165, 1.54) is 44.9 Å². The molecular weight excluding hydrogens is 372 g/mol. The fourth-order valence-corrected chi connectivity index (χ4v) is 3.98. The van der Waals surface area contributed by atoms with Crippen LogP contribution in [0, 0.1) is 0 Å². The Balaban J connectivity index is 1.73. The molecule has 7 nitrogen and oxygen atoms in total. The fraction of sp³-hybridized carbons (Fsp3) is 0.750. The van der Waals surface area contributed by atoms with Crippen LogP contribution in [0.2, 0.25) is 0 Å². The number of methoxy groups -OCH3 is 1. The molecule has 3 rings (SSSR count). The van der Waals surface area contributed by atoms with Crippen LogP contribution < -0.4 is 20.4 Å². The third kappa shape index (κ3) is 6.44. The van der Waals surface area contributed by atoms with Gasteiger partial charge in [-0.15, -0.1) is 0 Å². The molecule has 156 valence electrons. The van der Waals surface area contributed by atoms with Gasteiger partial charge in [0.05, 0.1) is 0 Å². The van der Waals surface area contributed by atoms with Crippen molar-refractivity contribution in [3.05, 3.63) is 6.07 Å². The van der Waals surface area contributed by atoms with Crippen molar-refractivity contribution in [2.45, 2.75) is 51.4 Å². The van der Waals surface area contributed by atoms with Crippen LogP contribution in [0.4, 0.5) is 17.6 Å². The van der Waals surface area contributed by atoms with Crippen molar-refractivity contribution in [2.24, 2.45) is 0 Å². The molecule has 2 N–H and O–H groups in total. The van der Waals surface area contributed by atoms with Gasteiger partial charge in [-0.25, -0.2) is 0 Å². The van der Waals surface area contributed by atoms with Crippen LogP contribution in [-0.2, 0) is 4.74 Å². The molecule has 3 heterocycles. The van der Waals surface area contributed by atoms with Gasteiger partial charge in [0.25, 0.3) is 0 Å². The molecule has 0 aliphatic carbocycles. The molecule has 0 saturated carbocycles. The Morgan fingerprint density at radius 2 is 1.50 bits per heavy atom. The van der Waals surface area contributed by atoms with Crippen LogP contribution in [-0.4, -0.2) is 61.5 Å². The quantitative estimate of drug-likeness (QED) is 0.529. The third-order valence-electron chi connectivity index (χ3n) is 5.35. The molecule has 2 aliphatic rings. The lowest BCUT2D eigenvalue weighted by molar-refractivity contribution is 0.196. The Kier molecular flexibility index (Phi) is 8.54. The highest BCUT2D eigenvalue weighted by Crippen LogP contribution is 2.25. The Morgan fingerprint density at radius 3 is 2.04 bits per heavy atom. The van der Waals surface area contributed by atoms with Gasteiger partial charge in [-0.3, -0.25) is 0 Å². The lowest BCUT2D eigenvalue weighted by atomic mass is 10.1. The first-order valence-electron chi connectivity index (χ1n) is 10.7. The number of hydrogen-bond donors (Lipinski definition) is 2. The normalized spacial score (nSPS) is 17.9. The van der Waals surface area contributed by atoms with E-state index in [4.69, 9.17) is 26.9 Å². The molecule has 0 spiro atoms. The predicted octanol–water partition coefficient (Wildman–Crippen LogP) is 3.17. The lowest BCUT2D eigenvalue weighted by Gasteiger charge is -2.29. The standard InChI is InChI=1S/C20H34N6OS/c1-27-15-9-10-21-20(28)24-19-22-17(25-11-5-2-3-6-12-25)16-18(23-19)26-13-7-4-8-14-26/h16H,2-15H2,1H3,(H2,21,22,23,24,28). The molecule has 0 radical (unpaired) electrons. The van der Waals surface area contributed by atoms with Gasteiger partial charge in [0.15, 0.2) is 5.11 Å². The summed E-state index contributed by atoms with van der Waals surface area (Å²) in [6, 6.07) is 2.16. The van der Waals surface area contributed by atoms with E-state index in [1.807, 2.05) is 0 Å². The summed E-state index contributed by atoms with van der Waals surface area (Å²) in [5.74, 6) is 2.62. The summed E-state index contributed by atoms with van der Waals surface area (Å²) < 4.78 is 5.08. The van der Waals surface area contributed by atoms with E-state index in [0.717, 1.165) is 57.4 Å². The summed E-state index contributed by atoms with van der Waals surface area (Å²) in [5.41, 5.74) is 0. The maximum absolute atomic E-state index is 5.44. The van der Waals surface area contributed by atoms with Crippen molar-refractivity contribution in [1.29, 1.82) is 0 Å². The Labute approximate surface area is 174 Å². The number of hydrogen-bond acceptors (Lipinski definition) is 6. The van der Waals surface area contributed by atoms with Gasteiger partial charge >= 0.3 is 0 Å². The molecule has 2 saturated heterocycles. The molecule has 28 heavy (non-hydrogen) atoms. The number of nitrogens with zero attached hydrogens (tertiary/aromatic N) is 4. The highest BCUT2D eigenvalue weighted by Gasteiger charge is 2.18. The highest BCUT2D eigenvalue weighted by atomic mass is 32.1. The van der Waals surface area contributed by atoms with E-state index < -0.39 is 0 Å². The second-order valence-electron chi connectivity index (χ2n) is 7.58. The van der Waals surface area contributed by atoms with Crippen LogP contribution in [0.15, 0.2) is 6.07 Å². The zero-order valence-electron chi connectivity index (χ0n) is 17.1. The van der Waals surface area contributed by atoms with Crippen LogP contribution in [0.5, 0.6) is 0 Å². The van der Waals surface area contributed by atoms with Crippen molar-refractivity contribution in [2.75, 3.05) is 61.6 Å². The third-order valence-corrected chi connectivity index (χ3v) is 5.59. The number of anilines is 3. The van der Waals surface area contributed by atoms with Gasteiger partial charge in [-0.05, 0) is 50.7 Å². The van der Waals surface area contributed by atoms with Gasteiger partial charge in [-0.1, -0.05) is 12.8 Å². The van der Waals surface area contributed by atoms with Gasteiger partial charge in [-0.2, -0.15) is 9.97 Å². The molecule has 0 bridgehead atoms. The monoisotopic (exact) mass is 406 g/mol. The van der Waals surface area contributed by atoms with E-state index in [-0.39, 0.29) is 0 Å². The van der Waals surface area contributed by atoms with Crippen LogP contribution in [0.25, 0.3) is 0 Å². The summed E-state index contributed by atoms with van der Waals surface area (Å²) in [7, 11) is 1.71. The average molecular weight is 407 g/mol. The number of rotatable bonds is 7. The molecule has 0 amide bonds. The molecule has 2 fully saturated rings. The van der Waals surface area contributed by atoms with Gasteiger partial charge < -0.3 is 25.2 Å². The van der Waals surface area contributed by atoms with Gasteiger partial charge in [0.2, 0.25) is 5.95 Å². The topological polar surface area (TPSA) is 65.6 Å². The second kappa shape index (κ2) is 11.4. The van der Waals surface area contributed by atoms with Crippen molar-refractivity contribution < 1.29 is 4.74 Å². The second-order valence-corrected chi connectivity index (χ2v) is 7.99. The number of piperidine rings is 1. The van der Waals surface area contributed by atoms with Crippen molar-refractivity contribution in [3.63, 3.8) is 0 Å². The van der Waals surface area contributed by atoms with Crippen LogP contribution in [0.1, 0.15) is 51.4 Å². The molecule has 0 aromatic carbocycles. The van der Waals surface area contributed by atoms with E-state index in [9.17, 15) is 0 Å². The molecule has 1 aromatic heterocycles. The molecule has 2 aliphatic heterocycles. The van der Waals surface area contributed by atoms with E-state index in [2.05, 4.69) is 26.5 Å². The Hall–Kier alpha value is -1.67. The number of ether oxygens (including phenoxy) is 1. The van der Waals surface area contributed by atoms with Crippen LogP contribution in [0.3, 0.4) is 0 Å². The molecule has 8 heteroatoms. The van der Waals surface area contributed by atoms with Crippen molar-refractivity contribution in [3.8, 4) is 0 Å². The summed E-state index contributed by atoms with van der Waals surface area (Å²) in [6.45, 7) is 5.75. The van der Waals surface area contributed by atoms with Crippen molar-refractivity contribution >= 4 is 34.9 Å². The van der Waals surface area contributed by atoms with Crippen LogP contribution >= 0.6 is 12.2 Å². The number of nitrogens with one attached hydrogen (secondary N) is 2. The minimum absolute atomic E-state index is 0.564. The maximum atomic E-state index is 5.44. The largest absolute Gasteiger partial charge is 0.385 e. The predicted molar refractivity (Wildman–Crippen MR) is 119 cm³/mol. The number of thiocarbonyl (C=S) groups is 1. The van der Waals surface area contributed by atoms with E-state index >= 15 is 0 Å². The first-order valence-corrected chi connectivity index (χ1v) is 11.1.